The summed E-state index contributed by atoms with van der Waals surface area (Å²) in [6, 6.07) is 8.06. The van der Waals surface area contributed by atoms with Gasteiger partial charge in [-0.15, -0.1) is 0 Å². The molecule has 0 radical (unpaired) electrons. The number of carbonyl (C=O) groups excluding carboxylic acids is 1. The third-order valence-corrected chi connectivity index (χ3v) is 4.38. The van der Waals surface area contributed by atoms with Gasteiger partial charge in [0.25, 0.3) is 0 Å². The first kappa shape index (κ1) is 16.0. The maximum absolute atomic E-state index is 12.2. The van der Waals surface area contributed by atoms with Crippen LogP contribution in [0.15, 0.2) is 24.3 Å². The third-order valence-electron chi connectivity index (χ3n) is 4.38. The van der Waals surface area contributed by atoms with E-state index in [9.17, 15) is 9.90 Å². The molecule has 0 aliphatic carbocycles. The number of nitrogens with one attached hydrogen (secondary N) is 1. The lowest BCUT2D eigenvalue weighted by Crippen LogP contribution is -2.49. The fourth-order valence-corrected chi connectivity index (χ4v) is 3.08. The minimum absolute atomic E-state index is 0.00389. The molecular weight excluding hydrogens is 264 g/mol. The van der Waals surface area contributed by atoms with E-state index >= 15 is 0 Å². The zero-order valence-corrected chi connectivity index (χ0v) is 13.0. The van der Waals surface area contributed by atoms with Gasteiger partial charge < -0.3 is 10.4 Å². The average Bonchev–Trinajstić information content (AvgIpc) is 2.47. The van der Waals surface area contributed by atoms with Gasteiger partial charge in [-0.2, -0.15) is 0 Å². The van der Waals surface area contributed by atoms with Gasteiger partial charge in [-0.25, -0.2) is 0 Å². The summed E-state index contributed by atoms with van der Waals surface area (Å²) in [5, 5.41) is 12.5. The molecule has 1 aliphatic heterocycles. The number of amides is 1. The second kappa shape index (κ2) is 7.57. The zero-order chi connectivity index (χ0) is 15.2. The minimum atomic E-state index is -0.00389. The van der Waals surface area contributed by atoms with Crippen LogP contribution in [0.3, 0.4) is 0 Å². The van der Waals surface area contributed by atoms with Gasteiger partial charge in [0.05, 0.1) is 13.2 Å². The molecule has 0 aromatic heterocycles. The van der Waals surface area contributed by atoms with Crippen molar-refractivity contribution in [1.29, 1.82) is 0 Å². The van der Waals surface area contributed by atoms with Crippen LogP contribution in [0.1, 0.15) is 32.3 Å². The van der Waals surface area contributed by atoms with Crippen LogP contribution in [0.25, 0.3) is 0 Å². The van der Waals surface area contributed by atoms with Gasteiger partial charge in [0.2, 0.25) is 5.91 Å². The highest BCUT2D eigenvalue weighted by molar-refractivity contribution is 5.92. The molecule has 1 aromatic carbocycles. The molecule has 1 aromatic rings. The Hall–Kier alpha value is -1.39. The highest BCUT2D eigenvalue weighted by Gasteiger charge is 2.29. The maximum atomic E-state index is 12.2. The van der Waals surface area contributed by atoms with Gasteiger partial charge in [-0.3, -0.25) is 9.69 Å². The Bertz CT molecular complexity index is 476. The Morgan fingerprint density at radius 1 is 1.48 bits per heavy atom. The van der Waals surface area contributed by atoms with Crippen LogP contribution in [0, 0.1) is 5.92 Å². The number of aryl methyl sites for hydroxylation is 1. The average molecular weight is 290 g/mol. The highest BCUT2D eigenvalue weighted by Crippen LogP contribution is 2.22. The van der Waals surface area contributed by atoms with E-state index in [2.05, 4.69) is 30.1 Å². The number of piperidine rings is 1. The summed E-state index contributed by atoms with van der Waals surface area (Å²) in [6.07, 6.45) is 3.18. The normalized spacial score (nSPS) is 23.0. The van der Waals surface area contributed by atoms with Gasteiger partial charge in [0.15, 0.2) is 0 Å². The number of hydrogen-bond donors (Lipinski definition) is 2. The van der Waals surface area contributed by atoms with E-state index < -0.39 is 0 Å². The molecule has 2 unspecified atom stereocenters. The molecule has 1 fully saturated rings. The summed E-state index contributed by atoms with van der Waals surface area (Å²) in [4.78, 5) is 14.3. The lowest BCUT2D eigenvalue weighted by molar-refractivity contribution is -0.118. The monoisotopic (exact) mass is 290 g/mol. The maximum Gasteiger partial charge on any atom is 0.238 e. The summed E-state index contributed by atoms with van der Waals surface area (Å²) in [5.41, 5.74) is 2.07. The van der Waals surface area contributed by atoms with Crippen LogP contribution < -0.4 is 5.32 Å². The number of rotatable bonds is 5. The van der Waals surface area contributed by atoms with Crippen LogP contribution in [0.2, 0.25) is 0 Å². The van der Waals surface area contributed by atoms with Gasteiger partial charge >= 0.3 is 0 Å². The molecule has 1 aliphatic rings. The van der Waals surface area contributed by atoms with Crippen LogP contribution in [-0.2, 0) is 11.2 Å². The predicted octanol–water partition coefficient (Wildman–Crippen LogP) is 2.28. The second-order valence-corrected chi connectivity index (χ2v) is 5.94. The fraction of sp³-hybridized carbons (Fsp3) is 0.588. The smallest absolute Gasteiger partial charge is 0.238 e. The molecule has 21 heavy (non-hydrogen) atoms. The third kappa shape index (κ3) is 4.29. The summed E-state index contributed by atoms with van der Waals surface area (Å²) in [7, 11) is 0. The number of aliphatic hydroxyl groups excluding tert-OH is 1. The Labute approximate surface area is 127 Å². The van der Waals surface area contributed by atoms with Crippen molar-refractivity contribution in [3.8, 4) is 0 Å². The number of aliphatic hydroxyl groups is 1. The molecule has 0 spiro atoms. The Balaban J connectivity index is 1.94. The van der Waals surface area contributed by atoms with Crippen molar-refractivity contribution in [3.05, 3.63) is 29.8 Å². The first-order valence-corrected chi connectivity index (χ1v) is 7.87. The number of nitrogens with zero attached hydrogens (tertiary/aromatic N) is 1. The molecule has 1 heterocycles. The van der Waals surface area contributed by atoms with Crippen molar-refractivity contribution < 1.29 is 9.90 Å². The molecule has 2 atom stereocenters. The topological polar surface area (TPSA) is 52.6 Å². The molecular formula is C17H26N2O2. The Morgan fingerprint density at radius 2 is 2.29 bits per heavy atom. The number of anilines is 1. The van der Waals surface area contributed by atoms with Crippen LogP contribution in [0.4, 0.5) is 5.69 Å². The van der Waals surface area contributed by atoms with Gasteiger partial charge in [0, 0.05) is 11.7 Å². The summed E-state index contributed by atoms with van der Waals surface area (Å²) >= 11 is 0. The highest BCUT2D eigenvalue weighted by atomic mass is 16.3. The van der Waals surface area contributed by atoms with Crippen molar-refractivity contribution in [1.82, 2.24) is 4.90 Å². The van der Waals surface area contributed by atoms with E-state index in [1.165, 1.54) is 5.56 Å². The summed E-state index contributed by atoms with van der Waals surface area (Å²) < 4.78 is 0. The molecule has 116 valence electrons. The molecule has 0 bridgehead atoms. The van der Waals surface area contributed by atoms with Gasteiger partial charge in [-0.05, 0) is 49.4 Å². The fourth-order valence-electron chi connectivity index (χ4n) is 3.08. The lowest BCUT2D eigenvalue weighted by atomic mass is 9.91. The predicted molar refractivity (Wildman–Crippen MR) is 85.3 cm³/mol. The molecule has 4 heteroatoms. The molecule has 0 saturated carbocycles. The Kier molecular flexibility index (Phi) is 5.76. The summed E-state index contributed by atoms with van der Waals surface area (Å²) in [6.45, 7) is 5.61. The quantitative estimate of drug-likeness (QED) is 0.875. The SMILES string of the molecule is CCc1cccc(NC(=O)CN2CCCC(C)C2CO)c1. The van der Waals surface area contributed by atoms with Crippen molar-refractivity contribution in [3.63, 3.8) is 0 Å². The minimum Gasteiger partial charge on any atom is -0.395 e. The van der Waals surface area contributed by atoms with Crippen LogP contribution in [-0.4, -0.2) is 41.7 Å². The van der Waals surface area contributed by atoms with E-state index in [1.54, 1.807) is 0 Å². The van der Waals surface area contributed by atoms with E-state index in [1.807, 2.05) is 18.2 Å². The van der Waals surface area contributed by atoms with Gasteiger partial charge in [0.1, 0.15) is 0 Å². The standard InChI is InChI=1S/C17H26N2O2/c1-3-14-7-4-8-15(10-14)18-17(21)11-19-9-5-6-13(2)16(19)12-20/h4,7-8,10,13,16,20H,3,5-6,9,11-12H2,1-2H3,(H,18,21). The van der Waals surface area contributed by atoms with Crippen molar-refractivity contribution in [2.45, 2.75) is 39.2 Å². The number of carbonyl (C=O) groups is 1. The Morgan fingerprint density at radius 3 is 3.00 bits per heavy atom. The second-order valence-electron chi connectivity index (χ2n) is 5.94. The molecule has 1 amide bonds. The van der Waals surface area contributed by atoms with E-state index in [0.717, 1.165) is 31.5 Å². The van der Waals surface area contributed by atoms with E-state index in [-0.39, 0.29) is 18.6 Å². The largest absolute Gasteiger partial charge is 0.395 e. The number of benzene rings is 1. The van der Waals surface area contributed by atoms with Crippen molar-refractivity contribution in [2.24, 2.45) is 5.92 Å². The zero-order valence-electron chi connectivity index (χ0n) is 13.0. The number of hydrogen-bond acceptors (Lipinski definition) is 3. The van der Waals surface area contributed by atoms with Crippen molar-refractivity contribution >= 4 is 11.6 Å². The van der Waals surface area contributed by atoms with Gasteiger partial charge in [-0.1, -0.05) is 26.0 Å². The molecule has 4 nitrogen and oxygen atoms in total. The van der Waals surface area contributed by atoms with Crippen LogP contribution >= 0.6 is 0 Å². The van der Waals surface area contributed by atoms with E-state index in [4.69, 9.17) is 0 Å². The summed E-state index contributed by atoms with van der Waals surface area (Å²) in [5.74, 6) is 0.441. The molecule has 2 N–H and O–H groups in total. The van der Waals surface area contributed by atoms with Crippen molar-refractivity contribution in [2.75, 3.05) is 25.0 Å². The van der Waals surface area contributed by atoms with Crippen LogP contribution in [0.5, 0.6) is 0 Å². The first-order chi connectivity index (χ1) is 10.1. The first-order valence-electron chi connectivity index (χ1n) is 7.87. The molecule has 2 rings (SSSR count). The molecule has 1 saturated heterocycles. The number of likely N-dealkylation sites (tertiary alicyclic amines) is 1. The lowest BCUT2D eigenvalue weighted by Gasteiger charge is -2.38. The van der Waals surface area contributed by atoms with E-state index in [0.29, 0.717) is 12.5 Å².